The Morgan fingerprint density at radius 2 is 1.66 bits per heavy atom. The molecule has 4 heteroatoms. The molecule has 1 aromatic heterocycles. The second-order valence-electron chi connectivity index (χ2n) is 14.1. The Labute approximate surface area is 246 Å². The van der Waals surface area contributed by atoms with Gasteiger partial charge in [0.25, 0.3) is 6.71 Å². The van der Waals surface area contributed by atoms with Gasteiger partial charge >= 0.3 is 0 Å². The van der Waals surface area contributed by atoms with E-state index in [1.807, 2.05) is 11.3 Å². The molecule has 2 aliphatic carbocycles. The summed E-state index contributed by atoms with van der Waals surface area (Å²) in [6.07, 6.45) is 3.64. The zero-order chi connectivity index (χ0) is 28.0. The van der Waals surface area contributed by atoms with Gasteiger partial charge in [-0.15, -0.1) is 11.3 Å². The van der Waals surface area contributed by atoms with E-state index < -0.39 is 0 Å². The van der Waals surface area contributed by atoms with E-state index in [4.69, 9.17) is 9.47 Å². The van der Waals surface area contributed by atoms with E-state index in [1.54, 1.807) is 5.56 Å². The first kappa shape index (κ1) is 24.1. The first-order valence-electron chi connectivity index (χ1n) is 15.0. The first-order chi connectivity index (χ1) is 19.6. The lowest BCUT2D eigenvalue weighted by Gasteiger charge is -2.33. The van der Waals surface area contributed by atoms with Crippen LogP contribution < -0.4 is 25.2 Å². The molecule has 0 fully saturated rings. The predicted octanol–water partition coefficient (Wildman–Crippen LogP) is 8.03. The van der Waals surface area contributed by atoms with Crippen molar-refractivity contribution < 1.29 is 9.47 Å². The van der Waals surface area contributed by atoms with Crippen molar-refractivity contribution in [3.05, 3.63) is 88.0 Å². The van der Waals surface area contributed by atoms with Crippen LogP contribution in [0.2, 0.25) is 0 Å². The molecule has 202 valence electrons. The largest absolute Gasteiger partial charge is 0.458 e. The molecule has 4 aliphatic rings. The van der Waals surface area contributed by atoms with E-state index in [-0.39, 0.29) is 17.5 Å². The number of aryl methyl sites for hydroxylation is 2. The Balaban J connectivity index is 1.33. The molecule has 2 nitrogen and oxygen atoms in total. The van der Waals surface area contributed by atoms with Crippen LogP contribution in [-0.2, 0) is 23.7 Å². The van der Waals surface area contributed by atoms with Crippen LogP contribution in [0.15, 0.2) is 54.6 Å². The number of hydrogen-bond donors (Lipinski definition) is 0. The number of fused-ring (bicyclic) bond motifs is 11. The van der Waals surface area contributed by atoms with Crippen LogP contribution in [0.3, 0.4) is 0 Å². The van der Waals surface area contributed by atoms with Crippen molar-refractivity contribution in [1.82, 2.24) is 0 Å². The summed E-state index contributed by atoms with van der Waals surface area (Å²) in [5.41, 5.74) is 13.8. The number of benzene rings is 4. The standard InChI is InChI=1S/C37H33BO2S/c1-19-14-29-33-30(15-19)40-34-24-16-21(36(2,3)4)11-13-31(24)41-35(34)38(33)27-17-23-26(18-28(27)39-29)37(5,6)25-12-10-20-8-7-9-22(20)32(23)25/h10-18H,7-9H2,1-6H3. The van der Waals surface area contributed by atoms with Crippen molar-refractivity contribution in [3.8, 4) is 34.1 Å². The number of rotatable bonds is 0. The summed E-state index contributed by atoms with van der Waals surface area (Å²) in [4.78, 5) is 0. The third-order valence-electron chi connectivity index (χ3n) is 10.1. The fraction of sp³-hybridized carbons (Fsp3) is 0.297. The van der Waals surface area contributed by atoms with Crippen LogP contribution in [-0.4, -0.2) is 6.71 Å². The van der Waals surface area contributed by atoms with Crippen LogP contribution in [0.4, 0.5) is 0 Å². The van der Waals surface area contributed by atoms with E-state index in [2.05, 4.69) is 96.1 Å². The Morgan fingerprint density at radius 3 is 2.46 bits per heavy atom. The van der Waals surface area contributed by atoms with E-state index in [0.717, 1.165) is 28.6 Å². The lowest BCUT2D eigenvalue weighted by molar-refractivity contribution is 0.466. The SMILES string of the molecule is Cc1cc2c3c(c1)Oc1c(sc4ccc(C(C)(C)C)cc14)B3c1cc3c(cc1O2)C(C)(C)c1ccc2c(c1-3)CCC2. The third-order valence-corrected chi connectivity index (χ3v) is 11.3. The van der Waals surface area contributed by atoms with Crippen LogP contribution in [0.25, 0.3) is 21.2 Å². The zero-order valence-electron chi connectivity index (χ0n) is 24.6. The highest BCUT2D eigenvalue weighted by molar-refractivity contribution is 7.33. The third kappa shape index (κ3) is 3.09. The van der Waals surface area contributed by atoms with Gasteiger partial charge < -0.3 is 9.47 Å². The molecular weight excluding hydrogens is 519 g/mol. The van der Waals surface area contributed by atoms with Crippen LogP contribution in [0.1, 0.15) is 74.4 Å². The average Bonchev–Trinajstić information content (AvgIpc) is 3.60. The van der Waals surface area contributed by atoms with Crippen LogP contribution in [0.5, 0.6) is 23.0 Å². The van der Waals surface area contributed by atoms with Gasteiger partial charge in [0, 0.05) is 25.7 Å². The highest BCUT2D eigenvalue weighted by Crippen LogP contribution is 2.53. The molecule has 41 heavy (non-hydrogen) atoms. The summed E-state index contributed by atoms with van der Waals surface area (Å²) in [5, 5.41) is 1.23. The molecule has 4 aromatic carbocycles. The number of thiophene rings is 1. The van der Waals surface area contributed by atoms with Crippen molar-refractivity contribution in [2.75, 3.05) is 0 Å². The Hall–Kier alpha value is -3.50. The maximum absolute atomic E-state index is 6.81. The second kappa shape index (κ2) is 7.66. The van der Waals surface area contributed by atoms with Crippen molar-refractivity contribution in [2.24, 2.45) is 0 Å². The van der Waals surface area contributed by atoms with Gasteiger partial charge in [-0.3, -0.25) is 0 Å². The van der Waals surface area contributed by atoms with Crippen molar-refractivity contribution in [3.63, 3.8) is 0 Å². The highest BCUT2D eigenvalue weighted by Gasteiger charge is 2.45. The van der Waals surface area contributed by atoms with Gasteiger partial charge in [-0.05, 0) is 112 Å². The molecular formula is C37H33BO2S. The fourth-order valence-electron chi connectivity index (χ4n) is 7.97. The molecule has 0 N–H and O–H groups in total. The normalized spacial score (nSPS) is 16.8. The molecule has 0 amide bonds. The smallest absolute Gasteiger partial charge is 0.273 e. The van der Waals surface area contributed by atoms with Gasteiger partial charge in [0.2, 0.25) is 0 Å². The molecule has 3 heterocycles. The molecule has 0 spiro atoms. The minimum atomic E-state index is -0.0550. The molecule has 2 aliphatic heterocycles. The van der Waals surface area contributed by atoms with E-state index in [1.165, 1.54) is 78.4 Å². The summed E-state index contributed by atoms with van der Waals surface area (Å²) in [6, 6.07) is 21.0. The van der Waals surface area contributed by atoms with Crippen molar-refractivity contribution in [1.29, 1.82) is 0 Å². The monoisotopic (exact) mass is 552 g/mol. The Morgan fingerprint density at radius 1 is 0.854 bits per heavy atom. The van der Waals surface area contributed by atoms with Crippen molar-refractivity contribution >= 4 is 43.8 Å². The Bertz CT molecular complexity index is 2000. The quantitative estimate of drug-likeness (QED) is 0.177. The van der Waals surface area contributed by atoms with Gasteiger partial charge in [0.05, 0.1) is 0 Å². The minimum Gasteiger partial charge on any atom is -0.458 e. The van der Waals surface area contributed by atoms with Gasteiger partial charge in [-0.1, -0.05) is 58.9 Å². The maximum atomic E-state index is 6.81. The summed E-state index contributed by atoms with van der Waals surface area (Å²) in [7, 11) is 0. The van der Waals surface area contributed by atoms with E-state index in [0.29, 0.717) is 0 Å². The second-order valence-corrected chi connectivity index (χ2v) is 15.2. The van der Waals surface area contributed by atoms with Gasteiger partial charge in [0.15, 0.2) is 0 Å². The van der Waals surface area contributed by atoms with E-state index >= 15 is 0 Å². The summed E-state index contributed by atoms with van der Waals surface area (Å²) < 4.78 is 16.2. The highest BCUT2D eigenvalue weighted by atomic mass is 32.1. The van der Waals surface area contributed by atoms with Crippen LogP contribution >= 0.6 is 11.3 Å². The number of hydrogen-bond acceptors (Lipinski definition) is 3. The summed E-state index contributed by atoms with van der Waals surface area (Å²) >= 11 is 1.88. The molecule has 9 rings (SSSR count). The summed E-state index contributed by atoms with van der Waals surface area (Å²) in [5.74, 6) is 3.90. The van der Waals surface area contributed by atoms with E-state index in [9.17, 15) is 0 Å². The maximum Gasteiger partial charge on any atom is 0.273 e. The first-order valence-corrected chi connectivity index (χ1v) is 15.8. The van der Waals surface area contributed by atoms with Gasteiger partial charge in [-0.2, -0.15) is 0 Å². The van der Waals surface area contributed by atoms with Crippen LogP contribution in [0, 0.1) is 6.92 Å². The average molecular weight is 553 g/mol. The molecule has 0 radical (unpaired) electrons. The Kier molecular flexibility index (Phi) is 4.51. The molecule has 0 unspecified atom stereocenters. The lowest BCUT2D eigenvalue weighted by atomic mass is 9.37. The molecule has 0 saturated heterocycles. The molecule has 0 saturated carbocycles. The zero-order valence-corrected chi connectivity index (χ0v) is 25.4. The summed E-state index contributed by atoms with van der Waals surface area (Å²) in [6.45, 7) is 13.8. The predicted molar refractivity (Wildman–Crippen MR) is 173 cm³/mol. The topological polar surface area (TPSA) is 18.5 Å². The molecule has 5 aromatic rings. The number of ether oxygens (including phenoxy) is 2. The minimum absolute atomic E-state index is 0.0550. The molecule has 0 atom stereocenters. The van der Waals surface area contributed by atoms with Gasteiger partial charge in [-0.25, -0.2) is 0 Å². The molecule has 0 bridgehead atoms. The van der Waals surface area contributed by atoms with Crippen molar-refractivity contribution in [2.45, 2.75) is 71.6 Å². The fourth-order valence-corrected chi connectivity index (χ4v) is 9.21. The van der Waals surface area contributed by atoms with Gasteiger partial charge in [0.1, 0.15) is 23.0 Å². The lowest BCUT2D eigenvalue weighted by Crippen LogP contribution is -2.56.